The molecule has 0 aliphatic carbocycles. The highest BCUT2D eigenvalue weighted by atomic mass is 16.5. The Morgan fingerprint density at radius 1 is 1.88 bits per heavy atom. The van der Waals surface area contributed by atoms with E-state index in [0.29, 0.717) is 6.73 Å². The van der Waals surface area contributed by atoms with Crippen LogP contribution in [0.4, 0.5) is 0 Å². The fourth-order valence-electron chi connectivity index (χ4n) is 0.267. The lowest BCUT2D eigenvalue weighted by Gasteiger charge is -1.95. The number of methoxy groups -OCH3 is 1. The maximum Gasteiger partial charge on any atom is 0.252 e. The summed E-state index contributed by atoms with van der Waals surface area (Å²) in [5.74, 6) is -0.623. The molecule has 0 aliphatic heterocycles. The Morgan fingerprint density at radius 2 is 2.50 bits per heavy atom. The van der Waals surface area contributed by atoms with Gasteiger partial charge < -0.3 is 4.74 Å². The van der Waals surface area contributed by atoms with E-state index in [1.54, 1.807) is 0 Å². The van der Waals surface area contributed by atoms with Crippen molar-refractivity contribution in [2.45, 2.75) is 0 Å². The minimum absolute atomic E-state index is 0.0633. The van der Waals surface area contributed by atoms with E-state index in [9.17, 15) is 4.79 Å². The fourth-order valence-corrected chi connectivity index (χ4v) is 0.267. The van der Waals surface area contributed by atoms with Gasteiger partial charge in [-0.25, -0.2) is 0 Å². The van der Waals surface area contributed by atoms with E-state index in [2.05, 4.69) is 10.1 Å². The highest BCUT2D eigenvalue weighted by Crippen LogP contribution is 1.59. The first-order valence-electron chi connectivity index (χ1n) is 2.21. The van der Waals surface area contributed by atoms with Crippen LogP contribution in [-0.2, 0) is 9.53 Å². The molecule has 0 aromatic carbocycles. The van der Waals surface area contributed by atoms with Gasteiger partial charge in [-0.05, 0) is 0 Å². The van der Waals surface area contributed by atoms with Crippen LogP contribution >= 0.6 is 0 Å². The van der Waals surface area contributed by atoms with Gasteiger partial charge in [0.1, 0.15) is 0 Å². The maximum atomic E-state index is 9.87. The smallest absolute Gasteiger partial charge is 0.252 e. The van der Waals surface area contributed by atoms with Crippen molar-refractivity contribution in [1.82, 2.24) is 11.1 Å². The van der Waals surface area contributed by atoms with Gasteiger partial charge in [0.2, 0.25) is 0 Å². The summed E-state index contributed by atoms with van der Waals surface area (Å²) in [6.07, 6.45) is 0. The molecule has 0 fully saturated rings. The van der Waals surface area contributed by atoms with Crippen molar-refractivity contribution in [2.24, 2.45) is 0 Å². The van der Waals surface area contributed by atoms with Crippen molar-refractivity contribution >= 4 is 5.91 Å². The molecule has 0 aromatic rings. The monoisotopic (exact) mass is 117 g/mol. The maximum absolute atomic E-state index is 9.87. The van der Waals surface area contributed by atoms with Gasteiger partial charge in [0.25, 0.3) is 5.91 Å². The quantitative estimate of drug-likeness (QED) is 0.379. The lowest BCUT2D eigenvalue weighted by Crippen LogP contribution is -2.24. The lowest BCUT2D eigenvalue weighted by atomic mass is 10.6. The first-order valence-corrected chi connectivity index (χ1v) is 2.21. The summed E-state index contributed by atoms with van der Waals surface area (Å²) < 4.78 is 4.55. The fraction of sp³-hybridized carbons (Fsp3) is 0.750. The number of carbonyl (C=O) groups is 1. The van der Waals surface area contributed by atoms with Crippen molar-refractivity contribution in [2.75, 3.05) is 20.4 Å². The van der Waals surface area contributed by atoms with E-state index in [4.69, 9.17) is 5.73 Å². The Morgan fingerprint density at radius 3 is 2.88 bits per heavy atom. The largest absolute Gasteiger partial charge is 0.370 e. The van der Waals surface area contributed by atoms with Crippen LogP contribution in [0.3, 0.4) is 0 Å². The first kappa shape index (κ1) is 7.39. The van der Waals surface area contributed by atoms with Gasteiger partial charge in [-0.1, -0.05) is 0 Å². The third-order valence-corrected chi connectivity index (χ3v) is 0.532. The van der Waals surface area contributed by atoms with E-state index in [1.165, 1.54) is 7.11 Å². The van der Waals surface area contributed by atoms with E-state index < -0.39 is 5.91 Å². The normalized spacial score (nSPS) is 9.12. The van der Waals surface area contributed by atoms with Gasteiger partial charge in [0.05, 0.1) is 13.3 Å². The van der Waals surface area contributed by atoms with Gasteiger partial charge >= 0.3 is 0 Å². The number of nitrogens with one attached hydrogen (secondary N) is 2. The second-order valence-corrected chi connectivity index (χ2v) is 1.28. The van der Waals surface area contributed by atoms with Gasteiger partial charge in [0, 0.05) is 7.11 Å². The molecule has 0 aliphatic rings. The van der Waals surface area contributed by atoms with Crippen molar-refractivity contribution in [3.8, 4) is 0 Å². The van der Waals surface area contributed by atoms with Crippen LogP contribution in [0.1, 0.15) is 0 Å². The molecule has 0 rings (SSSR count). The molecule has 0 spiro atoms. The van der Waals surface area contributed by atoms with Gasteiger partial charge in [-0.2, -0.15) is 0 Å². The molecule has 2 N–H and O–H groups in total. The Hall–Kier alpha value is -0.610. The summed E-state index contributed by atoms with van der Waals surface area (Å²) in [6, 6.07) is 0. The Kier molecular flexibility index (Phi) is 4.20. The molecule has 4 nitrogen and oxygen atoms in total. The van der Waals surface area contributed by atoms with E-state index in [-0.39, 0.29) is 6.54 Å². The molecular weight excluding hydrogens is 108 g/mol. The Bertz CT molecular complexity index is 74.4. The molecule has 0 atom stereocenters. The zero-order chi connectivity index (χ0) is 6.41. The molecule has 0 heterocycles. The van der Waals surface area contributed by atoms with Crippen LogP contribution in [0, 0.1) is 0 Å². The van der Waals surface area contributed by atoms with E-state index in [1.807, 2.05) is 0 Å². The first-order chi connectivity index (χ1) is 3.77. The average molecular weight is 117 g/mol. The molecule has 0 unspecified atom stereocenters. The van der Waals surface area contributed by atoms with Crippen LogP contribution in [0.15, 0.2) is 0 Å². The van der Waals surface area contributed by atoms with Crippen LogP contribution < -0.4 is 11.1 Å². The number of rotatable bonds is 4. The summed E-state index contributed by atoms with van der Waals surface area (Å²) in [7, 11) is 1.52. The van der Waals surface area contributed by atoms with Crippen molar-refractivity contribution in [1.29, 1.82) is 0 Å². The van der Waals surface area contributed by atoms with Gasteiger partial charge in [0.15, 0.2) is 0 Å². The zero-order valence-electron chi connectivity index (χ0n) is 4.73. The second-order valence-electron chi connectivity index (χ2n) is 1.28. The van der Waals surface area contributed by atoms with Crippen LogP contribution in [0.2, 0.25) is 0 Å². The molecule has 4 heteroatoms. The number of amides is 1. The van der Waals surface area contributed by atoms with Gasteiger partial charge in [-0.15, -0.1) is 0 Å². The highest BCUT2D eigenvalue weighted by Gasteiger charge is 1.89. The van der Waals surface area contributed by atoms with Crippen LogP contribution in [-0.4, -0.2) is 26.3 Å². The summed E-state index contributed by atoms with van der Waals surface area (Å²) in [6.45, 7) is 0.387. The van der Waals surface area contributed by atoms with Crippen LogP contribution in [0.5, 0.6) is 0 Å². The molecule has 1 radical (unpaired) electrons. The third kappa shape index (κ3) is 5.39. The van der Waals surface area contributed by atoms with E-state index in [0.717, 1.165) is 0 Å². The number of carbonyl (C=O) groups excluding carboxylic acids is 1. The number of ether oxygens (including phenoxy) is 1. The van der Waals surface area contributed by atoms with E-state index >= 15 is 0 Å². The van der Waals surface area contributed by atoms with Crippen molar-refractivity contribution in [3.05, 3.63) is 0 Å². The standard InChI is InChI=1S/C4H9N2O2/c1-8-3-6-2-4(5)7/h5-6H,2-3H2,1H3. The molecule has 47 valence electrons. The minimum Gasteiger partial charge on any atom is -0.370 e. The number of hydrogen-bond donors (Lipinski definition) is 1. The molecule has 0 saturated carbocycles. The second kappa shape index (κ2) is 4.55. The SMILES string of the molecule is COCNCC([NH])=O. The minimum atomic E-state index is -0.623. The number of hydrogen-bond acceptors (Lipinski definition) is 3. The summed E-state index contributed by atoms with van der Waals surface area (Å²) in [5.41, 5.74) is 6.40. The molecule has 0 bridgehead atoms. The molecule has 1 amide bonds. The Balaban J connectivity index is 2.82. The third-order valence-electron chi connectivity index (χ3n) is 0.532. The Labute approximate surface area is 48.0 Å². The predicted octanol–water partition coefficient (Wildman–Crippen LogP) is -1.01. The van der Waals surface area contributed by atoms with Crippen molar-refractivity contribution in [3.63, 3.8) is 0 Å². The molecule has 0 saturated heterocycles. The summed E-state index contributed by atoms with van der Waals surface area (Å²) in [5, 5.41) is 2.58. The molecule has 8 heavy (non-hydrogen) atoms. The van der Waals surface area contributed by atoms with Gasteiger partial charge in [-0.3, -0.25) is 15.8 Å². The average Bonchev–Trinajstić information content (AvgIpc) is 1.66. The highest BCUT2D eigenvalue weighted by molar-refractivity contribution is 5.74. The van der Waals surface area contributed by atoms with Crippen molar-refractivity contribution < 1.29 is 9.53 Å². The zero-order valence-corrected chi connectivity index (χ0v) is 4.73. The molecule has 0 aromatic heterocycles. The summed E-state index contributed by atoms with van der Waals surface area (Å²) in [4.78, 5) is 9.87. The van der Waals surface area contributed by atoms with Crippen LogP contribution in [0.25, 0.3) is 0 Å². The topological polar surface area (TPSA) is 62.1 Å². The predicted molar refractivity (Wildman–Crippen MR) is 28.0 cm³/mol. The lowest BCUT2D eigenvalue weighted by molar-refractivity contribution is -0.118. The molecular formula is C4H9N2O2. The summed E-state index contributed by atoms with van der Waals surface area (Å²) >= 11 is 0.